The van der Waals surface area contributed by atoms with E-state index < -0.39 is 11.7 Å². The minimum absolute atomic E-state index is 0.222. The van der Waals surface area contributed by atoms with Crippen molar-refractivity contribution in [2.45, 2.75) is 12.7 Å². The molecule has 134 valence electrons. The number of nitrogens with zero attached hydrogens (tertiary/aromatic N) is 4. The molecule has 1 fully saturated rings. The first kappa shape index (κ1) is 17.5. The smallest absolute Gasteiger partial charge is 0.336 e. The second kappa shape index (κ2) is 7.26. The van der Waals surface area contributed by atoms with Gasteiger partial charge in [0.2, 0.25) is 0 Å². The maximum absolute atomic E-state index is 12.6. The van der Waals surface area contributed by atoms with Crippen LogP contribution in [-0.4, -0.2) is 58.2 Å². The molecule has 0 spiro atoms. The highest BCUT2D eigenvalue weighted by Gasteiger charge is 2.30. The van der Waals surface area contributed by atoms with E-state index in [0.29, 0.717) is 13.1 Å². The summed E-state index contributed by atoms with van der Waals surface area (Å²) in [5, 5.41) is 4.15. The molecule has 2 heterocycles. The molecule has 0 atom stereocenters. The average Bonchev–Trinajstić information content (AvgIpc) is 3.13. The number of carbonyl (C=O) groups is 1. The molecule has 1 aromatic carbocycles. The standard InChI is InChI=1S/C17H19F3N4O/c18-17(19,20)15-4-2-14(3-5-15)16(25)23-11-8-22(9-12-23)10-13-24-7-1-6-21-24/h1-7H,8-13H2. The number of amides is 1. The van der Waals surface area contributed by atoms with Crippen LogP contribution in [0.3, 0.4) is 0 Å². The van der Waals surface area contributed by atoms with E-state index >= 15 is 0 Å². The Morgan fingerprint density at radius 2 is 1.72 bits per heavy atom. The van der Waals surface area contributed by atoms with Gasteiger partial charge in [0.05, 0.1) is 12.1 Å². The fourth-order valence-corrected chi connectivity index (χ4v) is 2.84. The number of benzene rings is 1. The van der Waals surface area contributed by atoms with Crippen LogP contribution in [0.4, 0.5) is 13.2 Å². The Bertz CT molecular complexity index is 690. The van der Waals surface area contributed by atoms with Crippen LogP contribution in [0.15, 0.2) is 42.7 Å². The molecule has 1 aliphatic rings. The molecule has 1 saturated heterocycles. The van der Waals surface area contributed by atoms with Gasteiger partial charge in [0.15, 0.2) is 0 Å². The fourth-order valence-electron chi connectivity index (χ4n) is 2.84. The number of rotatable bonds is 4. The number of aromatic nitrogens is 2. The lowest BCUT2D eigenvalue weighted by Gasteiger charge is -2.34. The first-order chi connectivity index (χ1) is 11.9. The number of carbonyl (C=O) groups excluding carboxylic acids is 1. The second-order valence-electron chi connectivity index (χ2n) is 5.98. The number of alkyl halides is 3. The second-order valence-corrected chi connectivity index (χ2v) is 5.98. The summed E-state index contributed by atoms with van der Waals surface area (Å²) in [6.45, 7) is 4.27. The predicted molar refractivity (Wildman–Crippen MR) is 86.0 cm³/mol. The monoisotopic (exact) mass is 352 g/mol. The molecule has 5 nitrogen and oxygen atoms in total. The van der Waals surface area contributed by atoms with Gasteiger partial charge in [-0.3, -0.25) is 14.4 Å². The Kier molecular flexibility index (Phi) is 5.08. The molecule has 1 aromatic heterocycles. The van der Waals surface area contributed by atoms with Gasteiger partial charge in [-0.15, -0.1) is 0 Å². The molecule has 0 unspecified atom stereocenters. The van der Waals surface area contributed by atoms with Crippen LogP contribution in [0.2, 0.25) is 0 Å². The lowest BCUT2D eigenvalue weighted by Crippen LogP contribution is -2.49. The third-order valence-corrected chi connectivity index (χ3v) is 4.32. The van der Waals surface area contributed by atoms with E-state index in [1.807, 2.05) is 16.9 Å². The Hall–Kier alpha value is -2.35. The minimum atomic E-state index is -4.39. The van der Waals surface area contributed by atoms with Crippen molar-refractivity contribution in [3.8, 4) is 0 Å². The maximum atomic E-state index is 12.6. The SMILES string of the molecule is O=C(c1ccc(C(F)(F)F)cc1)N1CCN(CCn2cccn2)CC1. The van der Waals surface area contributed by atoms with Crippen molar-refractivity contribution < 1.29 is 18.0 Å². The molecule has 3 rings (SSSR count). The van der Waals surface area contributed by atoms with E-state index in [1.165, 1.54) is 12.1 Å². The van der Waals surface area contributed by atoms with Crippen LogP contribution in [0.1, 0.15) is 15.9 Å². The van der Waals surface area contributed by atoms with Crippen LogP contribution >= 0.6 is 0 Å². The molecule has 8 heteroatoms. The maximum Gasteiger partial charge on any atom is 0.416 e. The van der Waals surface area contributed by atoms with Crippen LogP contribution in [0, 0.1) is 0 Å². The normalized spacial score (nSPS) is 16.2. The van der Waals surface area contributed by atoms with E-state index in [4.69, 9.17) is 0 Å². The fraction of sp³-hybridized carbons (Fsp3) is 0.412. The summed E-state index contributed by atoms with van der Waals surface area (Å²) < 4.78 is 39.6. The van der Waals surface area contributed by atoms with Crippen molar-refractivity contribution in [1.82, 2.24) is 19.6 Å². The summed E-state index contributed by atoms with van der Waals surface area (Å²) in [5.74, 6) is -0.222. The molecule has 0 saturated carbocycles. The summed E-state index contributed by atoms with van der Waals surface area (Å²) in [4.78, 5) is 16.4. The molecule has 1 aliphatic heterocycles. The number of hydrogen-bond donors (Lipinski definition) is 0. The van der Waals surface area contributed by atoms with E-state index in [2.05, 4.69) is 10.00 Å². The average molecular weight is 352 g/mol. The zero-order chi connectivity index (χ0) is 17.9. The van der Waals surface area contributed by atoms with Gasteiger partial charge >= 0.3 is 6.18 Å². The Morgan fingerprint density at radius 1 is 1.04 bits per heavy atom. The molecule has 0 bridgehead atoms. The van der Waals surface area contributed by atoms with Crippen molar-refractivity contribution in [2.24, 2.45) is 0 Å². The molecular weight excluding hydrogens is 333 g/mol. The van der Waals surface area contributed by atoms with Crippen molar-refractivity contribution in [2.75, 3.05) is 32.7 Å². The first-order valence-electron chi connectivity index (χ1n) is 8.10. The van der Waals surface area contributed by atoms with Crippen LogP contribution in [0.5, 0.6) is 0 Å². The zero-order valence-corrected chi connectivity index (χ0v) is 13.6. The highest BCUT2D eigenvalue weighted by Crippen LogP contribution is 2.29. The van der Waals surface area contributed by atoms with Gasteiger partial charge in [0, 0.05) is 50.7 Å². The predicted octanol–water partition coefficient (Wildman–Crippen LogP) is 2.36. The summed E-state index contributed by atoms with van der Waals surface area (Å²) in [7, 11) is 0. The topological polar surface area (TPSA) is 41.4 Å². The molecule has 0 aliphatic carbocycles. The molecule has 0 N–H and O–H groups in total. The van der Waals surface area contributed by atoms with Gasteiger partial charge in [-0.2, -0.15) is 18.3 Å². The van der Waals surface area contributed by atoms with E-state index in [0.717, 1.165) is 38.3 Å². The minimum Gasteiger partial charge on any atom is -0.336 e. The molecule has 25 heavy (non-hydrogen) atoms. The Balaban J connectivity index is 1.51. The van der Waals surface area contributed by atoms with Crippen LogP contribution in [-0.2, 0) is 12.7 Å². The van der Waals surface area contributed by atoms with Gasteiger partial charge in [0.1, 0.15) is 0 Å². The van der Waals surface area contributed by atoms with Gasteiger partial charge in [-0.25, -0.2) is 0 Å². The third-order valence-electron chi connectivity index (χ3n) is 4.32. The summed E-state index contributed by atoms with van der Waals surface area (Å²) in [6.07, 6.45) is -0.743. The molecule has 0 radical (unpaired) electrons. The van der Waals surface area contributed by atoms with Gasteiger partial charge < -0.3 is 4.90 Å². The van der Waals surface area contributed by atoms with Gasteiger partial charge in [0.25, 0.3) is 5.91 Å². The van der Waals surface area contributed by atoms with Crippen molar-refractivity contribution in [1.29, 1.82) is 0 Å². The lowest BCUT2D eigenvalue weighted by molar-refractivity contribution is -0.137. The van der Waals surface area contributed by atoms with E-state index in [9.17, 15) is 18.0 Å². The van der Waals surface area contributed by atoms with Crippen molar-refractivity contribution in [3.05, 3.63) is 53.9 Å². The van der Waals surface area contributed by atoms with E-state index in [1.54, 1.807) is 11.1 Å². The van der Waals surface area contributed by atoms with E-state index in [-0.39, 0.29) is 11.5 Å². The van der Waals surface area contributed by atoms with Crippen molar-refractivity contribution >= 4 is 5.91 Å². The highest BCUT2D eigenvalue weighted by molar-refractivity contribution is 5.94. The zero-order valence-electron chi connectivity index (χ0n) is 13.6. The first-order valence-corrected chi connectivity index (χ1v) is 8.10. The summed E-state index contributed by atoms with van der Waals surface area (Å²) in [5.41, 5.74) is -0.453. The number of piperazine rings is 1. The van der Waals surface area contributed by atoms with Crippen molar-refractivity contribution in [3.63, 3.8) is 0 Å². The summed E-state index contributed by atoms with van der Waals surface area (Å²) in [6, 6.07) is 6.27. The highest BCUT2D eigenvalue weighted by atomic mass is 19.4. The van der Waals surface area contributed by atoms with Crippen LogP contribution in [0.25, 0.3) is 0 Å². The quantitative estimate of drug-likeness (QED) is 0.848. The third kappa shape index (κ3) is 4.39. The van der Waals surface area contributed by atoms with Gasteiger partial charge in [-0.05, 0) is 30.3 Å². The molecule has 2 aromatic rings. The van der Waals surface area contributed by atoms with Gasteiger partial charge in [-0.1, -0.05) is 0 Å². The Labute approximate surface area is 143 Å². The van der Waals surface area contributed by atoms with Crippen LogP contribution < -0.4 is 0 Å². The lowest BCUT2D eigenvalue weighted by atomic mass is 10.1. The molecular formula is C17H19F3N4O. The molecule has 1 amide bonds. The summed E-state index contributed by atoms with van der Waals surface area (Å²) >= 11 is 0. The largest absolute Gasteiger partial charge is 0.416 e. The number of hydrogen-bond acceptors (Lipinski definition) is 3. The Morgan fingerprint density at radius 3 is 2.28 bits per heavy atom. The number of halogens is 3.